The summed E-state index contributed by atoms with van der Waals surface area (Å²) in [6, 6.07) is 17.7. The van der Waals surface area contributed by atoms with Crippen molar-refractivity contribution in [1.29, 1.82) is 0 Å². The molecule has 0 bridgehead atoms. The SMILES string of the molecule is Brc1nccn1C(c1ccccc1)c1ccc2c(c1)CCC2. The molecular formula is C19H17BrN2. The molecule has 0 amide bonds. The van der Waals surface area contributed by atoms with Gasteiger partial charge in [0, 0.05) is 12.4 Å². The monoisotopic (exact) mass is 352 g/mol. The fraction of sp³-hybridized carbons (Fsp3) is 0.211. The summed E-state index contributed by atoms with van der Waals surface area (Å²) in [4.78, 5) is 4.34. The van der Waals surface area contributed by atoms with Gasteiger partial charge in [0.1, 0.15) is 0 Å². The van der Waals surface area contributed by atoms with Crippen LogP contribution < -0.4 is 0 Å². The summed E-state index contributed by atoms with van der Waals surface area (Å²) in [5.74, 6) is 0. The van der Waals surface area contributed by atoms with Crippen molar-refractivity contribution < 1.29 is 0 Å². The summed E-state index contributed by atoms with van der Waals surface area (Å²) in [7, 11) is 0. The highest BCUT2D eigenvalue weighted by atomic mass is 79.9. The average Bonchev–Trinajstić information content (AvgIpc) is 3.18. The summed E-state index contributed by atoms with van der Waals surface area (Å²) in [5, 5.41) is 0. The maximum absolute atomic E-state index is 4.34. The van der Waals surface area contributed by atoms with Crippen LogP contribution in [0.2, 0.25) is 0 Å². The second-order valence-corrected chi connectivity index (χ2v) is 6.51. The zero-order valence-corrected chi connectivity index (χ0v) is 13.8. The maximum Gasteiger partial charge on any atom is 0.177 e. The Kier molecular flexibility index (Phi) is 3.59. The number of rotatable bonds is 3. The second-order valence-electron chi connectivity index (χ2n) is 5.80. The van der Waals surface area contributed by atoms with Gasteiger partial charge in [-0.3, -0.25) is 0 Å². The van der Waals surface area contributed by atoms with Crippen LogP contribution in [0.15, 0.2) is 65.7 Å². The zero-order chi connectivity index (χ0) is 14.9. The van der Waals surface area contributed by atoms with Crippen LogP contribution in [0.25, 0.3) is 0 Å². The first kappa shape index (κ1) is 13.8. The first-order valence-electron chi connectivity index (χ1n) is 7.68. The molecular weight excluding hydrogens is 336 g/mol. The van der Waals surface area contributed by atoms with Crippen LogP contribution in [-0.2, 0) is 12.8 Å². The molecule has 1 aliphatic rings. The van der Waals surface area contributed by atoms with E-state index in [1.54, 1.807) is 0 Å². The van der Waals surface area contributed by atoms with Gasteiger partial charge in [0.25, 0.3) is 0 Å². The highest BCUT2D eigenvalue weighted by Crippen LogP contribution is 2.32. The normalized spacial score (nSPS) is 14.8. The van der Waals surface area contributed by atoms with Crippen LogP contribution in [0.5, 0.6) is 0 Å². The fourth-order valence-corrected chi connectivity index (χ4v) is 3.84. The molecule has 2 nitrogen and oxygen atoms in total. The van der Waals surface area contributed by atoms with Gasteiger partial charge in [-0.15, -0.1) is 0 Å². The number of aromatic nitrogens is 2. The molecule has 3 heteroatoms. The van der Waals surface area contributed by atoms with E-state index >= 15 is 0 Å². The summed E-state index contributed by atoms with van der Waals surface area (Å²) in [6.45, 7) is 0. The predicted molar refractivity (Wildman–Crippen MR) is 92.1 cm³/mol. The lowest BCUT2D eigenvalue weighted by Crippen LogP contribution is -2.12. The van der Waals surface area contributed by atoms with E-state index in [0.29, 0.717) is 0 Å². The van der Waals surface area contributed by atoms with Gasteiger partial charge in [0.15, 0.2) is 4.73 Å². The Bertz CT molecular complexity index is 792. The number of hydrogen-bond donors (Lipinski definition) is 0. The highest BCUT2D eigenvalue weighted by Gasteiger charge is 2.20. The van der Waals surface area contributed by atoms with E-state index in [-0.39, 0.29) is 6.04 Å². The van der Waals surface area contributed by atoms with Crippen molar-refractivity contribution in [1.82, 2.24) is 9.55 Å². The molecule has 1 atom stereocenters. The van der Waals surface area contributed by atoms with Crippen LogP contribution in [0.4, 0.5) is 0 Å². The Morgan fingerprint density at radius 3 is 2.55 bits per heavy atom. The molecule has 0 saturated heterocycles. The quantitative estimate of drug-likeness (QED) is 0.663. The molecule has 0 spiro atoms. The Morgan fingerprint density at radius 2 is 1.77 bits per heavy atom. The van der Waals surface area contributed by atoms with Crippen molar-refractivity contribution in [3.8, 4) is 0 Å². The van der Waals surface area contributed by atoms with Gasteiger partial charge in [-0.2, -0.15) is 0 Å². The van der Waals surface area contributed by atoms with E-state index in [9.17, 15) is 0 Å². The number of aryl methyl sites for hydroxylation is 2. The third kappa shape index (κ3) is 2.40. The lowest BCUT2D eigenvalue weighted by Gasteiger charge is -2.21. The van der Waals surface area contributed by atoms with Gasteiger partial charge in [-0.25, -0.2) is 4.98 Å². The van der Waals surface area contributed by atoms with E-state index < -0.39 is 0 Å². The van der Waals surface area contributed by atoms with Gasteiger partial charge in [-0.05, 0) is 57.4 Å². The molecule has 3 aromatic rings. The topological polar surface area (TPSA) is 17.8 Å². The van der Waals surface area contributed by atoms with Gasteiger partial charge in [0.2, 0.25) is 0 Å². The van der Waals surface area contributed by atoms with E-state index in [4.69, 9.17) is 0 Å². The predicted octanol–water partition coefficient (Wildman–Crippen LogP) is 4.77. The first-order chi connectivity index (χ1) is 10.8. The van der Waals surface area contributed by atoms with Crippen LogP contribution in [0, 0.1) is 0 Å². The van der Waals surface area contributed by atoms with E-state index in [0.717, 1.165) is 4.73 Å². The molecule has 0 saturated carbocycles. The fourth-order valence-electron chi connectivity index (χ4n) is 3.40. The molecule has 22 heavy (non-hydrogen) atoms. The largest absolute Gasteiger partial charge is 0.314 e. The number of imidazole rings is 1. The number of benzene rings is 2. The molecule has 4 rings (SSSR count). The summed E-state index contributed by atoms with van der Waals surface area (Å²) < 4.78 is 3.05. The van der Waals surface area contributed by atoms with Crippen molar-refractivity contribution in [3.05, 3.63) is 87.9 Å². The van der Waals surface area contributed by atoms with E-state index in [1.165, 1.54) is 41.5 Å². The lowest BCUT2D eigenvalue weighted by atomic mass is 9.95. The van der Waals surface area contributed by atoms with Crippen molar-refractivity contribution in [2.24, 2.45) is 0 Å². The summed E-state index contributed by atoms with van der Waals surface area (Å²) >= 11 is 3.58. The standard InChI is InChI=1S/C19H17BrN2/c20-19-21-11-12-22(19)18(15-5-2-1-3-6-15)17-10-9-14-7-4-8-16(14)13-17/h1-3,5-6,9-13,18H,4,7-8H2. The lowest BCUT2D eigenvalue weighted by molar-refractivity contribution is 0.660. The minimum atomic E-state index is 0.156. The second kappa shape index (κ2) is 5.73. The Morgan fingerprint density at radius 1 is 0.955 bits per heavy atom. The van der Waals surface area contributed by atoms with Gasteiger partial charge in [0.05, 0.1) is 6.04 Å². The molecule has 2 aromatic carbocycles. The van der Waals surface area contributed by atoms with Crippen molar-refractivity contribution in [3.63, 3.8) is 0 Å². The molecule has 0 N–H and O–H groups in total. The van der Waals surface area contributed by atoms with Crippen molar-refractivity contribution >= 4 is 15.9 Å². The first-order valence-corrected chi connectivity index (χ1v) is 8.47. The van der Waals surface area contributed by atoms with Gasteiger partial charge < -0.3 is 4.57 Å². The molecule has 0 fully saturated rings. The highest BCUT2D eigenvalue weighted by molar-refractivity contribution is 9.10. The third-order valence-corrected chi connectivity index (χ3v) is 5.07. The van der Waals surface area contributed by atoms with Crippen LogP contribution in [0.1, 0.15) is 34.7 Å². The minimum absolute atomic E-state index is 0.156. The van der Waals surface area contributed by atoms with Gasteiger partial charge in [-0.1, -0.05) is 48.5 Å². The van der Waals surface area contributed by atoms with Crippen LogP contribution in [-0.4, -0.2) is 9.55 Å². The molecule has 1 aliphatic carbocycles. The number of nitrogens with zero attached hydrogens (tertiary/aromatic N) is 2. The molecule has 1 heterocycles. The minimum Gasteiger partial charge on any atom is -0.314 e. The van der Waals surface area contributed by atoms with Crippen LogP contribution >= 0.6 is 15.9 Å². The molecule has 110 valence electrons. The summed E-state index contributed by atoms with van der Waals surface area (Å²) in [5.41, 5.74) is 5.62. The molecule has 0 aliphatic heterocycles. The Balaban J connectivity index is 1.86. The van der Waals surface area contributed by atoms with Gasteiger partial charge >= 0.3 is 0 Å². The Hall–Kier alpha value is -1.87. The molecule has 1 unspecified atom stereocenters. The molecule has 0 radical (unpaired) electrons. The third-order valence-electron chi connectivity index (χ3n) is 4.45. The molecule has 1 aromatic heterocycles. The van der Waals surface area contributed by atoms with Crippen molar-refractivity contribution in [2.75, 3.05) is 0 Å². The summed E-state index contributed by atoms with van der Waals surface area (Å²) in [6.07, 6.45) is 7.59. The number of fused-ring (bicyclic) bond motifs is 1. The van der Waals surface area contributed by atoms with Crippen molar-refractivity contribution in [2.45, 2.75) is 25.3 Å². The average molecular weight is 353 g/mol. The van der Waals surface area contributed by atoms with E-state index in [2.05, 4.69) is 74.0 Å². The smallest absolute Gasteiger partial charge is 0.177 e. The zero-order valence-electron chi connectivity index (χ0n) is 12.2. The number of halogens is 1. The maximum atomic E-state index is 4.34. The Labute approximate surface area is 139 Å². The van der Waals surface area contributed by atoms with Crippen LogP contribution in [0.3, 0.4) is 0 Å². The van der Waals surface area contributed by atoms with E-state index in [1.807, 2.05) is 12.4 Å². The number of hydrogen-bond acceptors (Lipinski definition) is 1.